The van der Waals surface area contributed by atoms with Gasteiger partial charge in [-0.1, -0.05) is 133 Å². The van der Waals surface area contributed by atoms with Gasteiger partial charge in [-0.2, -0.15) is 0 Å². The zero-order valence-corrected chi connectivity index (χ0v) is 29.2. The largest absolute Gasteiger partial charge is 0.454 e. The molecule has 0 unspecified atom stereocenters. The van der Waals surface area contributed by atoms with Crippen LogP contribution >= 0.6 is 0 Å². The molecule has 8 aromatic carbocycles. The Labute approximate surface area is 311 Å². The Balaban J connectivity index is 1.07. The van der Waals surface area contributed by atoms with Gasteiger partial charge in [0.05, 0.1) is 16.6 Å². The number of fused-ring (bicyclic) bond motifs is 8. The third kappa shape index (κ3) is 4.78. The van der Waals surface area contributed by atoms with E-state index in [4.69, 9.17) is 8.83 Å². The first-order chi connectivity index (χ1) is 26.8. The first kappa shape index (κ1) is 30.3. The first-order valence-electron chi connectivity index (χ1n) is 18.3. The van der Waals surface area contributed by atoms with E-state index in [1.165, 1.54) is 10.9 Å². The van der Waals surface area contributed by atoms with Crippen molar-refractivity contribution in [2.75, 3.05) is 4.90 Å². The van der Waals surface area contributed by atoms with Gasteiger partial charge in [0.15, 0.2) is 5.58 Å². The molecule has 0 N–H and O–H groups in total. The lowest BCUT2D eigenvalue weighted by atomic mass is 10.0. The minimum atomic E-state index is 0.858. The summed E-state index contributed by atoms with van der Waals surface area (Å²) >= 11 is 0. The Morgan fingerprint density at radius 2 is 1.00 bits per heavy atom. The monoisotopic (exact) mass is 692 g/mol. The number of aromatic nitrogens is 1. The fourth-order valence-electron chi connectivity index (χ4n) is 8.09. The van der Waals surface area contributed by atoms with Gasteiger partial charge in [0.25, 0.3) is 0 Å². The quantitative estimate of drug-likeness (QED) is 0.174. The number of para-hydroxylation sites is 4. The fourth-order valence-corrected chi connectivity index (χ4v) is 8.09. The van der Waals surface area contributed by atoms with Crippen molar-refractivity contribution in [3.63, 3.8) is 0 Å². The van der Waals surface area contributed by atoms with E-state index >= 15 is 0 Å². The fraction of sp³-hybridized carbons (Fsp3) is 0. The van der Waals surface area contributed by atoms with Crippen molar-refractivity contribution in [2.24, 2.45) is 0 Å². The molecule has 0 amide bonds. The van der Waals surface area contributed by atoms with E-state index < -0.39 is 0 Å². The highest BCUT2D eigenvalue weighted by Crippen LogP contribution is 2.44. The third-order valence-electron chi connectivity index (χ3n) is 10.6. The summed E-state index contributed by atoms with van der Waals surface area (Å²) in [5, 5.41) is 5.64. The van der Waals surface area contributed by atoms with Crippen LogP contribution in [-0.4, -0.2) is 4.57 Å². The van der Waals surface area contributed by atoms with Crippen LogP contribution in [0.1, 0.15) is 0 Å². The Hall–Kier alpha value is -7.30. The number of rotatable bonds is 6. The Bertz CT molecular complexity index is 3150. The molecule has 0 bridgehead atoms. The van der Waals surface area contributed by atoms with Crippen LogP contribution in [0.4, 0.5) is 17.1 Å². The Kier molecular flexibility index (Phi) is 6.82. The molecule has 0 aliphatic heterocycles. The Morgan fingerprint density at radius 1 is 0.389 bits per heavy atom. The van der Waals surface area contributed by atoms with Gasteiger partial charge in [-0.3, -0.25) is 4.57 Å². The topological polar surface area (TPSA) is 34.5 Å². The molecule has 0 saturated heterocycles. The lowest BCUT2D eigenvalue weighted by Crippen LogP contribution is -2.10. The molecule has 0 fully saturated rings. The highest BCUT2D eigenvalue weighted by molar-refractivity contribution is 6.20. The molecular formula is C50H32N2O2. The van der Waals surface area contributed by atoms with Gasteiger partial charge in [-0.15, -0.1) is 0 Å². The third-order valence-corrected chi connectivity index (χ3v) is 10.6. The van der Waals surface area contributed by atoms with E-state index in [0.29, 0.717) is 0 Å². The predicted molar refractivity (Wildman–Crippen MR) is 223 cm³/mol. The van der Waals surface area contributed by atoms with E-state index in [0.717, 1.165) is 89.0 Å². The van der Waals surface area contributed by atoms with Crippen LogP contribution in [-0.2, 0) is 0 Å². The Morgan fingerprint density at radius 3 is 1.81 bits per heavy atom. The second kappa shape index (κ2) is 12.1. The van der Waals surface area contributed by atoms with Crippen molar-refractivity contribution in [1.29, 1.82) is 0 Å². The zero-order valence-electron chi connectivity index (χ0n) is 29.2. The van der Waals surface area contributed by atoms with Gasteiger partial charge in [-0.25, -0.2) is 0 Å². The smallest absolute Gasteiger partial charge is 0.213 e. The van der Waals surface area contributed by atoms with Crippen molar-refractivity contribution in [3.05, 3.63) is 194 Å². The van der Waals surface area contributed by atoms with E-state index in [-0.39, 0.29) is 0 Å². The molecule has 0 radical (unpaired) electrons. The molecule has 254 valence electrons. The second-order valence-electron chi connectivity index (χ2n) is 13.7. The number of furan rings is 2. The van der Waals surface area contributed by atoms with Gasteiger partial charge in [0, 0.05) is 38.6 Å². The van der Waals surface area contributed by atoms with Crippen molar-refractivity contribution in [2.45, 2.75) is 0 Å². The highest BCUT2D eigenvalue weighted by Gasteiger charge is 2.22. The SMILES string of the molecule is c1ccc(-c2cccc(N(c3ccc(-c4ccc5c6c7ccccc7oc6n(-c6ccccc6)c5c4)cc3)c3cccc4c3oc3ccccc34)c2)cc1. The molecule has 4 nitrogen and oxygen atoms in total. The second-order valence-corrected chi connectivity index (χ2v) is 13.7. The average Bonchev–Trinajstić information content (AvgIpc) is 3.91. The van der Waals surface area contributed by atoms with Gasteiger partial charge in [0.1, 0.15) is 11.2 Å². The minimum absolute atomic E-state index is 0.858. The number of hydrogen-bond donors (Lipinski definition) is 0. The lowest BCUT2D eigenvalue weighted by Gasteiger charge is -2.26. The molecule has 0 atom stereocenters. The molecule has 4 heteroatoms. The molecule has 54 heavy (non-hydrogen) atoms. The van der Waals surface area contributed by atoms with Gasteiger partial charge >= 0.3 is 0 Å². The highest BCUT2D eigenvalue weighted by atomic mass is 16.3. The van der Waals surface area contributed by atoms with E-state index in [9.17, 15) is 0 Å². The maximum atomic E-state index is 6.60. The standard InChI is InChI=1S/C50H32N2O2/c1-3-13-33(14-4-1)35-15-11-18-39(31-35)51(44-22-12-21-41-40-19-7-9-23-46(40)53-49(41)44)38-28-25-34(26-29-38)36-27-30-42-45(32-36)52(37-16-5-2-6-17-37)50-48(42)43-20-8-10-24-47(43)54-50/h1-32H. The number of anilines is 3. The summed E-state index contributed by atoms with van der Waals surface area (Å²) in [5.74, 6) is 0. The van der Waals surface area contributed by atoms with Crippen LogP contribution in [0.5, 0.6) is 0 Å². The molecular weight excluding hydrogens is 661 g/mol. The van der Waals surface area contributed by atoms with Gasteiger partial charge in [-0.05, 0) is 82.9 Å². The van der Waals surface area contributed by atoms with E-state index in [1.54, 1.807) is 0 Å². The number of hydrogen-bond acceptors (Lipinski definition) is 3. The molecule has 0 saturated carbocycles. The zero-order chi connectivity index (χ0) is 35.6. The molecule has 0 aliphatic carbocycles. The summed E-state index contributed by atoms with van der Waals surface area (Å²) in [6.45, 7) is 0. The number of benzene rings is 8. The summed E-state index contributed by atoms with van der Waals surface area (Å²) in [5.41, 5.74) is 13.3. The molecule has 11 aromatic rings. The summed E-state index contributed by atoms with van der Waals surface area (Å²) in [7, 11) is 0. The van der Waals surface area contributed by atoms with Crippen LogP contribution in [0.15, 0.2) is 203 Å². The van der Waals surface area contributed by atoms with E-state index in [1.807, 2.05) is 30.3 Å². The molecule has 0 aliphatic rings. The molecule has 11 rings (SSSR count). The molecule has 3 aromatic heterocycles. The average molecular weight is 693 g/mol. The summed E-state index contributed by atoms with van der Waals surface area (Å²) < 4.78 is 15.4. The van der Waals surface area contributed by atoms with Crippen LogP contribution in [0.25, 0.3) is 82.9 Å². The van der Waals surface area contributed by atoms with E-state index in [2.05, 4.69) is 173 Å². The van der Waals surface area contributed by atoms with Crippen molar-refractivity contribution in [3.8, 4) is 27.9 Å². The van der Waals surface area contributed by atoms with Crippen LogP contribution < -0.4 is 4.90 Å². The summed E-state index contributed by atoms with van der Waals surface area (Å²) in [6.07, 6.45) is 0. The van der Waals surface area contributed by atoms with Gasteiger partial charge in [0.2, 0.25) is 5.71 Å². The van der Waals surface area contributed by atoms with Crippen LogP contribution in [0.2, 0.25) is 0 Å². The molecule has 3 heterocycles. The summed E-state index contributed by atoms with van der Waals surface area (Å²) in [4.78, 5) is 2.31. The maximum Gasteiger partial charge on any atom is 0.213 e. The van der Waals surface area contributed by atoms with Crippen LogP contribution in [0.3, 0.4) is 0 Å². The maximum absolute atomic E-state index is 6.60. The predicted octanol–water partition coefficient (Wildman–Crippen LogP) is 14.2. The normalized spacial score (nSPS) is 11.7. The van der Waals surface area contributed by atoms with Crippen LogP contribution in [0, 0.1) is 0 Å². The minimum Gasteiger partial charge on any atom is -0.454 e. The summed E-state index contributed by atoms with van der Waals surface area (Å²) in [6, 6.07) is 68.4. The van der Waals surface area contributed by atoms with Gasteiger partial charge < -0.3 is 13.7 Å². The van der Waals surface area contributed by atoms with Crippen molar-refractivity contribution in [1.82, 2.24) is 4.57 Å². The molecule has 0 spiro atoms. The van der Waals surface area contributed by atoms with Crippen molar-refractivity contribution < 1.29 is 8.83 Å². The van der Waals surface area contributed by atoms with Crippen molar-refractivity contribution >= 4 is 72.0 Å². The lowest BCUT2D eigenvalue weighted by molar-refractivity contribution is 0.645. The number of nitrogens with zero attached hydrogens (tertiary/aromatic N) is 2. The first-order valence-corrected chi connectivity index (χ1v) is 18.3.